The molecule has 20 heavy (non-hydrogen) atoms. The van der Waals surface area contributed by atoms with Gasteiger partial charge in [-0.1, -0.05) is 0 Å². The number of amides is 1. The lowest BCUT2D eigenvalue weighted by atomic mass is 9.97. The molecule has 0 saturated carbocycles. The Morgan fingerprint density at radius 3 is 2.55 bits per heavy atom. The first-order valence-corrected chi connectivity index (χ1v) is 7.11. The van der Waals surface area contributed by atoms with Crippen LogP contribution in [0, 0.1) is 5.92 Å². The molecule has 2 rings (SSSR count). The van der Waals surface area contributed by atoms with E-state index in [-0.39, 0.29) is 38.1 Å². The lowest BCUT2D eigenvalue weighted by Gasteiger charge is -2.35. The standard InChI is InChI=1S/C13H21F3N2O2/c14-13(15,16)10-3-1-6-18(7-10)12(20)8-17-5-2-4-11(17)9-19/h10-11,19H,1-9H2/t10?,11-/m1/s1. The van der Waals surface area contributed by atoms with Gasteiger partial charge in [0.05, 0.1) is 19.1 Å². The van der Waals surface area contributed by atoms with Crippen LogP contribution in [-0.4, -0.2) is 65.8 Å². The Kier molecular flexibility index (Phi) is 4.90. The van der Waals surface area contributed by atoms with E-state index in [1.807, 2.05) is 4.90 Å². The Hall–Kier alpha value is -0.820. The minimum Gasteiger partial charge on any atom is -0.395 e. The molecule has 2 saturated heterocycles. The molecule has 7 heteroatoms. The van der Waals surface area contributed by atoms with Gasteiger partial charge < -0.3 is 10.0 Å². The first kappa shape index (κ1) is 15.6. The van der Waals surface area contributed by atoms with Crippen molar-refractivity contribution in [3.63, 3.8) is 0 Å². The molecule has 2 fully saturated rings. The van der Waals surface area contributed by atoms with Crippen molar-refractivity contribution in [2.75, 3.05) is 32.8 Å². The van der Waals surface area contributed by atoms with Crippen molar-refractivity contribution in [2.24, 2.45) is 5.92 Å². The molecule has 2 aliphatic rings. The fourth-order valence-corrected chi connectivity index (χ4v) is 3.05. The number of piperidine rings is 1. The van der Waals surface area contributed by atoms with Gasteiger partial charge in [0, 0.05) is 19.1 Å². The molecule has 0 aromatic carbocycles. The van der Waals surface area contributed by atoms with Crippen LogP contribution in [0.3, 0.4) is 0 Å². The average Bonchev–Trinajstić information content (AvgIpc) is 2.85. The minimum absolute atomic E-state index is 0.00153. The molecule has 0 aromatic heterocycles. The van der Waals surface area contributed by atoms with Crippen LogP contribution in [0.1, 0.15) is 25.7 Å². The largest absolute Gasteiger partial charge is 0.395 e. The maximum Gasteiger partial charge on any atom is 0.393 e. The molecule has 0 aliphatic carbocycles. The SMILES string of the molecule is O=C(CN1CCC[C@@H]1CO)N1CCCC(C(F)(F)F)C1. The number of likely N-dealkylation sites (tertiary alicyclic amines) is 2. The quantitative estimate of drug-likeness (QED) is 0.852. The molecule has 4 nitrogen and oxygen atoms in total. The normalized spacial score (nSPS) is 28.9. The van der Waals surface area contributed by atoms with E-state index in [4.69, 9.17) is 0 Å². The van der Waals surface area contributed by atoms with E-state index in [1.165, 1.54) is 4.90 Å². The number of rotatable bonds is 3. The van der Waals surface area contributed by atoms with Crippen LogP contribution in [0.2, 0.25) is 0 Å². The number of hydrogen-bond acceptors (Lipinski definition) is 3. The lowest BCUT2D eigenvalue weighted by Crippen LogP contribution is -2.49. The Bertz CT molecular complexity index is 349. The first-order chi connectivity index (χ1) is 9.41. The molecule has 2 heterocycles. The molecule has 0 aromatic rings. The van der Waals surface area contributed by atoms with Crippen LogP contribution in [0.4, 0.5) is 13.2 Å². The Morgan fingerprint density at radius 2 is 1.90 bits per heavy atom. The number of aliphatic hydroxyl groups excluding tert-OH is 1. The number of carbonyl (C=O) groups is 1. The lowest BCUT2D eigenvalue weighted by molar-refractivity contribution is -0.188. The second-order valence-electron chi connectivity index (χ2n) is 5.67. The molecule has 0 spiro atoms. The molecule has 0 bridgehead atoms. The molecular formula is C13H21F3N2O2. The Morgan fingerprint density at radius 1 is 1.20 bits per heavy atom. The molecule has 1 unspecified atom stereocenters. The van der Waals surface area contributed by atoms with Gasteiger partial charge in [-0.15, -0.1) is 0 Å². The molecule has 1 N–H and O–H groups in total. The molecule has 2 atom stereocenters. The van der Waals surface area contributed by atoms with Gasteiger partial charge >= 0.3 is 6.18 Å². The summed E-state index contributed by atoms with van der Waals surface area (Å²) >= 11 is 0. The summed E-state index contributed by atoms with van der Waals surface area (Å²) in [6, 6.07) is -0.0258. The van der Waals surface area contributed by atoms with Gasteiger partial charge in [0.1, 0.15) is 0 Å². The minimum atomic E-state index is -4.22. The predicted molar refractivity (Wildman–Crippen MR) is 67.0 cm³/mol. The van der Waals surface area contributed by atoms with Gasteiger partial charge in [0.15, 0.2) is 0 Å². The van der Waals surface area contributed by atoms with Gasteiger partial charge in [0.2, 0.25) is 5.91 Å². The van der Waals surface area contributed by atoms with E-state index in [0.717, 1.165) is 19.4 Å². The summed E-state index contributed by atoms with van der Waals surface area (Å²) in [7, 11) is 0. The van der Waals surface area contributed by atoms with E-state index in [1.54, 1.807) is 0 Å². The van der Waals surface area contributed by atoms with Gasteiger partial charge in [-0.2, -0.15) is 13.2 Å². The summed E-state index contributed by atoms with van der Waals surface area (Å²) in [5, 5.41) is 9.19. The van der Waals surface area contributed by atoms with Crippen molar-refractivity contribution < 1.29 is 23.1 Å². The van der Waals surface area contributed by atoms with E-state index in [0.29, 0.717) is 13.0 Å². The highest BCUT2D eigenvalue weighted by molar-refractivity contribution is 5.78. The highest BCUT2D eigenvalue weighted by atomic mass is 19.4. The summed E-state index contributed by atoms with van der Waals surface area (Å²) in [6.45, 7) is 1.03. The topological polar surface area (TPSA) is 43.8 Å². The second-order valence-corrected chi connectivity index (χ2v) is 5.67. The molecule has 0 radical (unpaired) electrons. The zero-order valence-electron chi connectivity index (χ0n) is 11.4. The van der Waals surface area contributed by atoms with Crippen molar-refractivity contribution >= 4 is 5.91 Å². The van der Waals surface area contributed by atoms with Crippen LogP contribution >= 0.6 is 0 Å². The monoisotopic (exact) mass is 294 g/mol. The van der Waals surface area contributed by atoms with Crippen molar-refractivity contribution in [3.05, 3.63) is 0 Å². The van der Waals surface area contributed by atoms with Crippen molar-refractivity contribution in [2.45, 2.75) is 37.9 Å². The van der Waals surface area contributed by atoms with Crippen LogP contribution in [0.5, 0.6) is 0 Å². The summed E-state index contributed by atoms with van der Waals surface area (Å²) in [5.74, 6) is -1.65. The van der Waals surface area contributed by atoms with Gasteiger partial charge in [-0.3, -0.25) is 9.69 Å². The number of hydrogen-bond donors (Lipinski definition) is 1. The van der Waals surface area contributed by atoms with Crippen molar-refractivity contribution in [1.29, 1.82) is 0 Å². The zero-order chi connectivity index (χ0) is 14.8. The first-order valence-electron chi connectivity index (χ1n) is 7.11. The fraction of sp³-hybridized carbons (Fsp3) is 0.923. The fourth-order valence-electron chi connectivity index (χ4n) is 3.05. The number of carbonyl (C=O) groups excluding carboxylic acids is 1. The maximum atomic E-state index is 12.7. The highest BCUT2D eigenvalue weighted by Crippen LogP contribution is 2.33. The van der Waals surface area contributed by atoms with Crippen molar-refractivity contribution in [3.8, 4) is 0 Å². The summed E-state index contributed by atoms with van der Waals surface area (Å²) in [6.07, 6.45) is -1.95. The summed E-state index contributed by atoms with van der Waals surface area (Å²) < 4.78 is 38.2. The van der Waals surface area contributed by atoms with Gasteiger partial charge in [-0.25, -0.2) is 0 Å². The molecule has 2 aliphatic heterocycles. The Balaban J connectivity index is 1.89. The van der Waals surface area contributed by atoms with Gasteiger partial charge in [-0.05, 0) is 32.2 Å². The average molecular weight is 294 g/mol. The van der Waals surface area contributed by atoms with E-state index in [2.05, 4.69) is 0 Å². The van der Waals surface area contributed by atoms with E-state index < -0.39 is 12.1 Å². The summed E-state index contributed by atoms with van der Waals surface area (Å²) in [4.78, 5) is 15.3. The number of aliphatic hydroxyl groups is 1. The summed E-state index contributed by atoms with van der Waals surface area (Å²) in [5.41, 5.74) is 0. The maximum absolute atomic E-state index is 12.7. The zero-order valence-corrected chi connectivity index (χ0v) is 11.4. The predicted octanol–water partition coefficient (Wildman–Crippen LogP) is 1.24. The van der Waals surface area contributed by atoms with Gasteiger partial charge in [0.25, 0.3) is 0 Å². The van der Waals surface area contributed by atoms with Crippen LogP contribution in [0.25, 0.3) is 0 Å². The number of nitrogens with zero attached hydrogens (tertiary/aromatic N) is 2. The Labute approximate surface area is 116 Å². The second kappa shape index (κ2) is 6.30. The van der Waals surface area contributed by atoms with Crippen LogP contribution in [0.15, 0.2) is 0 Å². The molecular weight excluding hydrogens is 273 g/mol. The highest BCUT2D eigenvalue weighted by Gasteiger charge is 2.42. The third-order valence-electron chi connectivity index (χ3n) is 4.29. The van der Waals surface area contributed by atoms with Crippen LogP contribution < -0.4 is 0 Å². The van der Waals surface area contributed by atoms with Crippen molar-refractivity contribution in [1.82, 2.24) is 9.80 Å². The third-order valence-corrected chi connectivity index (χ3v) is 4.29. The van der Waals surface area contributed by atoms with E-state index >= 15 is 0 Å². The van der Waals surface area contributed by atoms with Crippen LogP contribution in [-0.2, 0) is 4.79 Å². The van der Waals surface area contributed by atoms with E-state index in [9.17, 15) is 23.1 Å². The third kappa shape index (κ3) is 3.63. The molecule has 116 valence electrons. The molecule has 1 amide bonds. The smallest absolute Gasteiger partial charge is 0.393 e. The number of alkyl halides is 3. The number of halogens is 3.